The SMILES string of the molecule is O=C(O)CCC/C=C\C[C@H]1C(=O)CC=C1/C=C/[C@@H](O)COc1cccc(C(F)(F)F)c1. The maximum Gasteiger partial charge on any atom is 0.416 e. The van der Waals surface area contributed by atoms with Gasteiger partial charge in [-0.1, -0.05) is 36.4 Å². The highest BCUT2D eigenvalue weighted by atomic mass is 19.4. The molecular weight excluding hydrogens is 413 g/mol. The molecule has 0 saturated heterocycles. The van der Waals surface area contributed by atoms with Crippen molar-refractivity contribution in [1.29, 1.82) is 0 Å². The van der Waals surface area contributed by atoms with Gasteiger partial charge in [-0.3, -0.25) is 9.59 Å². The molecule has 0 radical (unpaired) electrons. The van der Waals surface area contributed by atoms with Crippen LogP contribution in [-0.2, 0) is 15.8 Å². The number of allylic oxidation sites excluding steroid dienone is 5. The second-order valence-electron chi connectivity index (χ2n) is 7.18. The standard InChI is InChI=1S/C23H25F3O5/c24-23(25,26)17-6-5-7-19(14-17)31-15-18(27)12-10-16-11-13-21(28)20(16)8-3-1-2-4-9-22(29)30/h1,3,5-7,10-12,14,18,20,27H,2,4,8-9,13,15H2,(H,29,30)/b3-1-,12-10+/t18-,20-/m1/s1. The van der Waals surface area contributed by atoms with Crippen LogP contribution in [0.3, 0.4) is 0 Å². The lowest BCUT2D eigenvalue weighted by Crippen LogP contribution is -2.15. The molecule has 1 aliphatic carbocycles. The summed E-state index contributed by atoms with van der Waals surface area (Å²) in [6.45, 7) is -0.229. The number of halogens is 3. The van der Waals surface area contributed by atoms with E-state index in [0.717, 1.165) is 17.7 Å². The monoisotopic (exact) mass is 438 g/mol. The number of carboxylic acids is 1. The summed E-state index contributed by atoms with van der Waals surface area (Å²) in [5, 5.41) is 18.7. The van der Waals surface area contributed by atoms with Gasteiger partial charge in [0.05, 0.1) is 5.56 Å². The van der Waals surface area contributed by atoms with E-state index in [1.165, 1.54) is 18.2 Å². The third-order valence-electron chi connectivity index (χ3n) is 4.72. The van der Waals surface area contributed by atoms with Gasteiger partial charge in [0.15, 0.2) is 0 Å². The Kier molecular flexibility index (Phi) is 9.05. The number of ketones is 1. The third kappa shape index (κ3) is 8.41. The topological polar surface area (TPSA) is 83.8 Å². The van der Waals surface area contributed by atoms with E-state index >= 15 is 0 Å². The highest BCUT2D eigenvalue weighted by Crippen LogP contribution is 2.31. The minimum absolute atomic E-state index is 0.00319. The van der Waals surface area contributed by atoms with E-state index < -0.39 is 23.8 Å². The Hall–Kier alpha value is -2.87. The molecule has 0 unspecified atom stereocenters. The maximum absolute atomic E-state index is 12.7. The first kappa shape index (κ1) is 24.4. The quantitative estimate of drug-likeness (QED) is 0.386. The van der Waals surface area contributed by atoms with Gasteiger partial charge in [-0.15, -0.1) is 0 Å². The number of alkyl halides is 3. The van der Waals surface area contributed by atoms with Gasteiger partial charge in [-0.25, -0.2) is 0 Å². The van der Waals surface area contributed by atoms with Crippen LogP contribution >= 0.6 is 0 Å². The van der Waals surface area contributed by atoms with Gasteiger partial charge in [0.1, 0.15) is 24.2 Å². The first-order valence-electron chi connectivity index (χ1n) is 9.92. The van der Waals surface area contributed by atoms with Gasteiger partial charge < -0.3 is 14.9 Å². The molecule has 2 atom stereocenters. The van der Waals surface area contributed by atoms with E-state index in [2.05, 4.69) is 0 Å². The molecule has 0 amide bonds. The van der Waals surface area contributed by atoms with E-state index in [4.69, 9.17) is 9.84 Å². The zero-order chi connectivity index (χ0) is 22.9. The lowest BCUT2D eigenvalue weighted by atomic mass is 9.95. The molecule has 1 aromatic carbocycles. The van der Waals surface area contributed by atoms with Crippen molar-refractivity contribution in [2.24, 2.45) is 5.92 Å². The smallest absolute Gasteiger partial charge is 0.416 e. The number of hydrogen-bond acceptors (Lipinski definition) is 4. The van der Waals surface area contributed by atoms with E-state index in [-0.39, 0.29) is 30.5 Å². The average Bonchev–Trinajstić information content (AvgIpc) is 3.06. The Balaban J connectivity index is 1.83. The van der Waals surface area contributed by atoms with Crippen molar-refractivity contribution < 1.29 is 37.7 Å². The van der Waals surface area contributed by atoms with Crippen molar-refractivity contribution in [2.75, 3.05) is 6.61 Å². The van der Waals surface area contributed by atoms with Gasteiger partial charge in [-0.2, -0.15) is 13.2 Å². The molecule has 5 nitrogen and oxygen atoms in total. The number of aliphatic hydroxyl groups is 1. The van der Waals surface area contributed by atoms with Crippen LogP contribution in [0, 0.1) is 5.92 Å². The predicted octanol–water partition coefficient (Wildman–Crippen LogP) is 4.72. The Bertz CT molecular complexity index is 855. The molecule has 8 heteroatoms. The number of unbranched alkanes of at least 4 members (excludes halogenated alkanes) is 1. The van der Waals surface area contributed by atoms with Crippen molar-refractivity contribution in [3.63, 3.8) is 0 Å². The fourth-order valence-corrected chi connectivity index (χ4v) is 3.08. The molecule has 0 spiro atoms. The summed E-state index contributed by atoms with van der Waals surface area (Å²) in [5.41, 5.74) is -0.0678. The van der Waals surface area contributed by atoms with Gasteiger partial charge in [0.25, 0.3) is 0 Å². The van der Waals surface area contributed by atoms with Crippen LogP contribution in [-0.4, -0.2) is 34.7 Å². The van der Waals surface area contributed by atoms with Gasteiger partial charge >= 0.3 is 12.1 Å². The summed E-state index contributed by atoms with van der Waals surface area (Å²) < 4.78 is 43.4. The number of hydrogen-bond donors (Lipinski definition) is 2. The molecular formula is C23H25F3O5. The molecule has 0 fully saturated rings. The fourth-order valence-electron chi connectivity index (χ4n) is 3.08. The summed E-state index contributed by atoms with van der Waals surface area (Å²) in [5.74, 6) is -1.11. The number of carbonyl (C=O) groups excluding carboxylic acids is 1. The van der Waals surface area contributed by atoms with Crippen LogP contribution in [0.25, 0.3) is 0 Å². The zero-order valence-corrected chi connectivity index (χ0v) is 16.8. The van der Waals surface area contributed by atoms with Crippen molar-refractivity contribution in [1.82, 2.24) is 0 Å². The number of rotatable bonds is 11. The molecule has 1 aromatic rings. The Morgan fingerprint density at radius 2 is 2.06 bits per heavy atom. The second-order valence-corrected chi connectivity index (χ2v) is 7.18. The van der Waals surface area contributed by atoms with Crippen LogP contribution < -0.4 is 4.74 Å². The van der Waals surface area contributed by atoms with Crippen LogP contribution in [0.5, 0.6) is 5.75 Å². The van der Waals surface area contributed by atoms with Gasteiger partial charge in [-0.05, 0) is 43.0 Å². The second kappa shape index (κ2) is 11.5. The summed E-state index contributed by atoms with van der Waals surface area (Å²) in [6.07, 6.45) is 5.07. The lowest BCUT2D eigenvalue weighted by Gasteiger charge is -2.12. The van der Waals surface area contributed by atoms with Crippen LogP contribution in [0.1, 0.15) is 37.7 Å². The summed E-state index contributed by atoms with van der Waals surface area (Å²) in [4.78, 5) is 22.6. The highest BCUT2D eigenvalue weighted by Gasteiger charge is 2.30. The number of aliphatic carboxylic acids is 1. The van der Waals surface area contributed by atoms with Crippen molar-refractivity contribution in [2.45, 2.75) is 44.4 Å². The fraction of sp³-hybridized carbons (Fsp3) is 0.391. The molecule has 0 aromatic heterocycles. The van der Waals surface area contributed by atoms with E-state index in [1.807, 2.05) is 12.2 Å². The molecule has 168 valence electrons. The Morgan fingerprint density at radius 3 is 2.77 bits per heavy atom. The lowest BCUT2D eigenvalue weighted by molar-refractivity contribution is -0.138. The zero-order valence-electron chi connectivity index (χ0n) is 16.8. The molecule has 0 aliphatic heterocycles. The van der Waals surface area contributed by atoms with Crippen molar-refractivity contribution >= 4 is 11.8 Å². The first-order chi connectivity index (χ1) is 14.7. The molecule has 1 aliphatic rings. The number of carbonyl (C=O) groups is 2. The number of carboxylic acid groups (broad SMARTS) is 1. The average molecular weight is 438 g/mol. The summed E-state index contributed by atoms with van der Waals surface area (Å²) >= 11 is 0. The van der Waals surface area contributed by atoms with Crippen LogP contribution in [0.15, 0.2) is 60.2 Å². The normalized spacial score (nSPS) is 18.0. The number of Topliss-reactive ketones (excluding diaryl/α,β-unsaturated/α-hetero) is 1. The van der Waals surface area contributed by atoms with E-state index in [0.29, 0.717) is 25.7 Å². The molecule has 0 saturated carbocycles. The summed E-state index contributed by atoms with van der Waals surface area (Å²) in [6, 6.07) is 4.42. The predicted molar refractivity (Wildman–Crippen MR) is 109 cm³/mol. The minimum atomic E-state index is -4.47. The Labute approximate surface area is 178 Å². The first-order valence-corrected chi connectivity index (χ1v) is 9.92. The van der Waals surface area contributed by atoms with Crippen molar-refractivity contribution in [3.05, 3.63) is 65.8 Å². The number of ether oxygens (including phenoxy) is 1. The van der Waals surface area contributed by atoms with E-state index in [1.54, 1.807) is 12.2 Å². The highest BCUT2D eigenvalue weighted by molar-refractivity contribution is 5.89. The van der Waals surface area contributed by atoms with Gasteiger partial charge in [0, 0.05) is 18.8 Å². The third-order valence-corrected chi connectivity index (χ3v) is 4.72. The number of aliphatic hydroxyl groups excluding tert-OH is 1. The number of benzene rings is 1. The molecule has 0 heterocycles. The van der Waals surface area contributed by atoms with Crippen LogP contribution in [0.2, 0.25) is 0 Å². The molecule has 2 N–H and O–H groups in total. The van der Waals surface area contributed by atoms with E-state index in [9.17, 15) is 27.9 Å². The molecule has 31 heavy (non-hydrogen) atoms. The summed E-state index contributed by atoms with van der Waals surface area (Å²) in [7, 11) is 0. The van der Waals surface area contributed by atoms with Crippen LogP contribution in [0.4, 0.5) is 13.2 Å². The molecule has 0 bridgehead atoms. The van der Waals surface area contributed by atoms with Crippen molar-refractivity contribution in [3.8, 4) is 5.75 Å². The minimum Gasteiger partial charge on any atom is -0.491 e. The van der Waals surface area contributed by atoms with Gasteiger partial charge in [0.2, 0.25) is 0 Å². The molecule has 2 rings (SSSR count). The maximum atomic E-state index is 12.7. The Morgan fingerprint density at radius 1 is 1.29 bits per heavy atom. The largest absolute Gasteiger partial charge is 0.491 e.